The molecule has 1 unspecified atom stereocenters. The zero-order valence-corrected chi connectivity index (χ0v) is 30.7. The van der Waals surface area contributed by atoms with E-state index in [1.807, 2.05) is 17.0 Å². The molecule has 0 bridgehead atoms. The predicted octanol–water partition coefficient (Wildman–Crippen LogP) is 2.35. The molecule has 4 rings (SSSR count). The molecule has 1 aliphatic heterocycles. The van der Waals surface area contributed by atoms with E-state index in [1.165, 1.54) is 10.9 Å². The molecule has 5 atom stereocenters. The quantitative estimate of drug-likeness (QED) is 0.0400. The van der Waals surface area contributed by atoms with Crippen molar-refractivity contribution in [2.75, 3.05) is 76.8 Å². The molecular formula is C29H41Cl2N5O13P2. The standard InChI is InChI=1S/C29H41Cl2N5O13P2/c1-2-7-44-9-11-46-13-14-47-12-10-45-8-6-35(17-20-4-3-5-21(30)15-20)26-22-16-32-36(27(22)34-29(31)33-26)28-25(38)24(37)23(49-28)18-48-51(42,43)19-50(39,40)41/h2-5,15-16,23-25,28,37-38H,1,6-14,17-19H2,(H,42,43)(H2,39,40,41)/t23-,24-,25-,28-/m1/s1. The van der Waals surface area contributed by atoms with Gasteiger partial charge in [0, 0.05) is 18.1 Å². The van der Waals surface area contributed by atoms with E-state index in [2.05, 4.69) is 21.6 Å². The topological polar surface area (TPSA) is 238 Å². The average molecular weight is 801 g/mol. The highest BCUT2D eigenvalue weighted by atomic mass is 35.5. The number of fused-ring (bicyclic) bond motifs is 1. The monoisotopic (exact) mass is 799 g/mol. The summed E-state index contributed by atoms with van der Waals surface area (Å²) < 4.78 is 57.1. The lowest BCUT2D eigenvalue weighted by atomic mass is 10.1. The molecule has 3 aromatic rings. The summed E-state index contributed by atoms with van der Waals surface area (Å²) in [7, 11) is -9.64. The van der Waals surface area contributed by atoms with Crippen LogP contribution in [0.5, 0.6) is 0 Å². The highest BCUT2D eigenvalue weighted by Gasteiger charge is 2.46. The number of nitrogens with zero attached hydrogens (tertiary/aromatic N) is 5. The van der Waals surface area contributed by atoms with Crippen molar-refractivity contribution in [2.24, 2.45) is 0 Å². The molecule has 1 saturated heterocycles. The first kappa shape index (κ1) is 41.7. The molecule has 0 radical (unpaired) electrons. The van der Waals surface area contributed by atoms with Crippen LogP contribution in [0.2, 0.25) is 10.3 Å². The van der Waals surface area contributed by atoms with Crippen molar-refractivity contribution in [1.29, 1.82) is 0 Å². The predicted molar refractivity (Wildman–Crippen MR) is 185 cm³/mol. The zero-order chi connectivity index (χ0) is 37.0. The van der Waals surface area contributed by atoms with Gasteiger partial charge in [0.25, 0.3) is 0 Å². The summed E-state index contributed by atoms with van der Waals surface area (Å²) >= 11 is 12.6. The fourth-order valence-corrected chi connectivity index (χ4v) is 7.90. The molecule has 284 valence electrons. The molecule has 0 amide bonds. The van der Waals surface area contributed by atoms with E-state index in [0.29, 0.717) is 75.6 Å². The molecule has 1 aromatic carbocycles. The van der Waals surface area contributed by atoms with E-state index in [0.717, 1.165) is 5.56 Å². The van der Waals surface area contributed by atoms with Crippen LogP contribution in [0.1, 0.15) is 11.8 Å². The Morgan fingerprint density at radius 1 is 0.961 bits per heavy atom. The third-order valence-corrected chi connectivity index (χ3v) is 11.1. The largest absolute Gasteiger partial charge is 0.387 e. The van der Waals surface area contributed by atoms with Gasteiger partial charge in [-0.05, 0) is 29.3 Å². The zero-order valence-electron chi connectivity index (χ0n) is 27.4. The number of rotatable bonds is 23. The highest BCUT2D eigenvalue weighted by Crippen LogP contribution is 2.55. The summed E-state index contributed by atoms with van der Waals surface area (Å²) in [4.78, 5) is 38.5. The maximum absolute atomic E-state index is 12.1. The first-order chi connectivity index (χ1) is 24.3. The van der Waals surface area contributed by atoms with Crippen LogP contribution in [-0.4, -0.2) is 135 Å². The van der Waals surface area contributed by atoms with Crippen LogP contribution in [0.15, 0.2) is 43.1 Å². The van der Waals surface area contributed by atoms with Crippen LogP contribution in [0.3, 0.4) is 0 Å². The SMILES string of the molecule is C=CCOCCOCCOCCOCCN(Cc1cccc(Cl)c1)c1nc(Cl)nc2c1cnn2[C@@H]1O[C@H](COP(=O)(O)CP(=O)(O)O)[C@@H](O)[C@H]1O. The van der Waals surface area contributed by atoms with Gasteiger partial charge >= 0.3 is 15.2 Å². The van der Waals surface area contributed by atoms with Crippen molar-refractivity contribution in [3.05, 3.63) is 59.0 Å². The van der Waals surface area contributed by atoms with Gasteiger partial charge in [-0.3, -0.25) is 9.13 Å². The van der Waals surface area contributed by atoms with Crippen molar-refractivity contribution in [1.82, 2.24) is 19.7 Å². The number of aliphatic hydroxyl groups excluding tert-OH is 2. The van der Waals surface area contributed by atoms with Crippen LogP contribution in [0.4, 0.5) is 5.82 Å². The number of hydrogen-bond acceptors (Lipinski definition) is 14. The third-order valence-electron chi connectivity index (χ3n) is 7.21. The van der Waals surface area contributed by atoms with Gasteiger partial charge in [-0.2, -0.15) is 15.1 Å². The van der Waals surface area contributed by atoms with Gasteiger partial charge in [-0.25, -0.2) is 4.68 Å². The molecule has 2 aromatic heterocycles. The Balaban J connectivity index is 1.43. The lowest BCUT2D eigenvalue weighted by Crippen LogP contribution is -2.33. The number of hydrogen-bond donors (Lipinski definition) is 5. The van der Waals surface area contributed by atoms with Crippen LogP contribution in [0.25, 0.3) is 11.0 Å². The van der Waals surface area contributed by atoms with Crippen molar-refractivity contribution in [2.45, 2.75) is 31.1 Å². The molecule has 0 aliphatic carbocycles. The summed E-state index contributed by atoms with van der Waals surface area (Å²) in [5.41, 5.74) is 0.994. The molecule has 1 aliphatic rings. The van der Waals surface area contributed by atoms with Crippen molar-refractivity contribution in [3.63, 3.8) is 0 Å². The van der Waals surface area contributed by atoms with Crippen molar-refractivity contribution in [3.8, 4) is 0 Å². The van der Waals surface area contributed by atoms with E-state index >= 15 is 0 Å². The highest BCUT2D eigenvalue weighted by molar-refractivity contribution is 7.70. The third kappa shape index (κ3) is 13.1. The summed E-state index contributed by atoms with van der Waals surface area (Å²) in [6.07, 6.45) is -2.86. The smallest absolute Gasteiger partial charge is 0.340 e. The summed E-state index contributed by atoms with van der Waals surface area (Å²) in [5.74, 6) is -1.05. The van der Waals surface area contributed by atoms with Gasteiger partial charge in [-0.15, -0.1) is 6.58 Å². The Hall–Kier alpha value is -2.09. The van der Waals surface area contributed by atoms with Crippen LogP contribution in [-0.2, 0) is 43.9 Å². The van der Waals surface area contributed by atoms with E-state index < -0.39 is 52.2 Å². The Labute approximate surface area is 303 Å². The number of halogens is 2. The maximum Gasteiger partial charge on any atom is 0.340 e. The lowest BCUT2D eigenvalue weighted by Gasteiger charge is -2.25. The molecular weight excluding hydrogens is 759 g/mol. The van der Waals surface area contributed by atoms with Crippen LogP contribution < -0.4 is 4.90 Å². The van der Waals surface area contributed by atoms with Gasteiger partial charge in [0.1, 0.15) is 24.1 Å². The number of aliphatic hydroxyl groups is 2. The summed E-state index contributed by atoms with van der Waals surface area (Å²) in [6, 6.07) is 7.26. The second-order valence-corrected chi connectivity index (χ2v) is 15.9. The van der Waals surface area contributed by atoms with E-state index in [-0.39, 0.29) is 17.5 Å². The lowest BCUT2D eigenvalue weighted by molar-refractivity contribution is -0.0541. The van der Waals surface area contributed by atoms with E-state index in [9.17, 15) is 24.2 Å². The van der Waals surface area contributed by atoms with Crippen LogP contribution >= 0.6 is 38.4 Å². The minimum Gasteiger partial charge on any atom is -0.387 e. The second-order valence-electron chi connectivity index (χ2n) is 11.2. The molecule has 18 nitrogen and oxygen atoms in total. The molecule has 3 heterocycles. The Bertz CT molecular complexity index is 1670. The van der Waals surface area contributed by atoms with Crippen LogP contribution in [0, 0.1) is 0 Å². The summed E-state index contributed by atoms with van der Waals surface area (Å²) in [5, 5.41) is 26.6. The van der Waals surface area contributed by atoms with Crippen molar-refractivity contribution >= 4 is 55.2 Å². The van der Waals surface area contributed by atoms with Crippen molar-refractivity contribution < 1.29 is 62.2 Å². The number of benzene rings is 1. The van der Waals surface area contributed by atoms with E-state index in [4.69, 9.17) is 61.2 Å². The fourth-order valence-electron chi connectivity index (χ4n) is 4.96. The molecule has 0 spiro atoms. The number of aromatic nitrogens is 4. The minimum absolute atomic E-state index is 0.136. The van der Waals surface area contributed by atoms with Gasteiger partial charge < -0.3 is 58.0 Å². The normalized spacial score (nSPS) is 20.5. The van der Waals surface area contributed by atoms with Gasteiger partial charge in [0.2, 0.25) is 5.28 Å². The van der Waals surface area contributed by atoms with Gasteiger partial charge in [0.05, 0.1) is 71.0 Å². The molecule has 0 saturated carbocycles. The Morgan fingerprint density at radius 3 is 2.27 bits per heavy atom. The molecule has 5 N–H and O–H groups in total. The average Bonchev–Trinajstić information content (AvgIpc) is 3.59. The number of ether oxygens (including phenoxy) is 5. The Morgan fingerprint density at radius 2 is 1.63 bits per heavy atom. The van der Waals surface area contributed by atoms with E-state index in [1.54, 1.807) is 18.2 Å². The second kappa shape index (κ2) is 19.8. The van der Waals surface area contributed by atoms with Gasteiger partial charge in [-0.1, -0.05) is 29.8 Å². The summed E-state index contributed by atoms with van der Waals surface area (Å²) in [6.45, 7) is 6.65. The number of anilines is 1. The molecule has 22 heteroatoms. The first-order valence-electron chi connectivity index (χ1n) is 15.6. The maximum atomic E-state index is 12.1. The fraction of sp³-hybridized carbons (Fsp3) is 0.552. The minimum atomic E-state index is -4.88. The Kier molecular flexibility index (Phi) is 16.2. The molecule has 51 heavy (non-hydrogen) atoms. The first-order valence-corrected chi connectivity index (χ1v) is 19.9. The van der Waals surface area contributed by atoms with Gasteiger partial charge in [0.15, 0.2) is 17.8 Å². The molecule has 1 fully saturated rings.